The van der Waals surface area contributed by atoms with Gasteiger partial charge in [0.2, 0.25) is 5.91 Å². The molecule has 1 N–H and O–H groups in total. The summed E-state index contributed by atoms with van der Waals surface area (Å²) in [4.78, 5) is 16.5. The van der Waals surface area contributed by atoms with Crippen molar-refractivity contribution in [1.29, 1.82) is 0 Å². The first-order valence-corrected chi connectivity index (χ1v) is 11.1. The minimum Gasteiger partial charge on any atom is -0.485 e. The lowest BCUT2D eigenvalue weighted by atomic mass is 10.1. The van der Waals surface area contributed by atoms with Gasteiger partial charge >= 0.3 is 0 Å². The van der Waals surface area contributed by atoms with Crippen molar-refractivity contribution in [2.24, 2.45) is 0 Å². The quantitative estimate of drug-likeness (QED) is 0.524. The van der Waals surface area contributed by atoms with E-state index in [2.05, 4.69) is 47.3 Å². The van der Waals surface area contributed by atoms with Crippen molar-refractivity contribution in [3.63, 3.8) is 0 Å². The van der Waals surface area contributed by atoms with E-state index in [1.807, 2.05) is 35.9 Å². The van der Waals surface area contributed by atoms with Crippen LogP contribution in [0.2, 0.25) is 0 Å². The second kappa shape index (κ2) is 9.41. The van der Waals surface area contributed by atoms with E-state index < -0.39 is 0 Å². The number of nitrogens with zero attached hydrogens (tertiary/aromatic N) is 4. The summed E-state index contributed by atoms with van der Waals surface area (Å²) in [5.74, 6) is 1.45. The van der Waals surface area contributed by atoms with E-state index in [1.54, 1.807) is 6.20 Å². The molecule has 0 radical (unpaired) electrons. The number of anilines is 1. The number of hydrogen-bond acceptors (Lipinski definition) is 7. The highest BCUT2D eigenvalue weighted by atomic mass is 32.2. The predicted octanol–water partition coefficient (Wildman–Crippen LogP) is 4.63. The lowest BCUT2D eigenvalue weighted by molar-refractivity contribution is -0.115. The molecule has 0 aliphatic rings. The van der Waals surface area contributed by atoms with Crippen LogP contribution in [0.4, 0.5) is 5.13 Å². The smallest absolute Gasteiger partial charge is 0.239 e. The Balaban J connectivity index is 1.70. The third-order valence-electron chi connectivity index (χ3n) is 4.25. The monoisotopic (exact) mass is 431 g/mol. The maximum atomic E-state index is 12.4. The average molecular weight is 432 g/mol. The fourth-order valence-electron chi connectivity index (χ4n) is 2.81. The van der Waals surface area contributed by atoms with Crippen LogP contribution in [0.5, 0.6) is 5.75 Å². The molecule has 9 heteroatoms. The summed E-state index contributed by atoms with van der Waals surface area (Å²) in [6, 6.07) is 6.23. The van der Waals surface area contributed by atoms with Crippen molar-refractivity contribution in [3.8, 4) is 5.75 Å². The molecule has 0 saturated carbocycles. The van der Waals surface area contributed by atoms with Crippen molar-refractivity contribution in [1.82, 2.24) is 19.7 Å². The molecule has 3 aromatic rings. The lowest BCUT2D eigenvalue weighted by Crippen LogP contribution is -2.23. The van der Waals surface area contributed by atoms with Gasteiger partial charge in [-0.2, -0.15) is 0 Å². The number of aromatic nitrogens is 4. The van der Waals surface area contributed by atoms with Gasteiger partial charge in [0.25, 0.3) is 0 Å². The molecule has 2 aromatic heterocycles. The van der Waals surface area contributed by atoms with E-state index in [0.717, 1.165) is 17.1 Å². The zero-order valence-corrected chi connectivity index (χ0v) is 18.8. The normalized spacial score (nSPS) is 12.2. The van der Waals surface area contributed by atoms with Gasteiger partial charge in [0.15, 0.2) is 16.1 Å². The molecule has 0 spiro atoms. The van der Waals surface area contributed by atoms with Gasteiger partial charge in [-0.05, 0) is 46.2 Å². The minimum absolute atomic E-state index is 0.115. The van der Waals surface area contributed by atoms with E-state index in [9.17, 15) is 4.79 Å². The fourth-order valence-corrected chi connectivity index (χ4v) is 4.34. The molecule has 1 amide bonds. The Morgan fingerprint density at radius 1 is 1.28 bits per heavy atom. The van der Waals surface area contributed by atoms with Gasteiger partial charge in [-0.3, -0.25) is 4.79 Å². The largest absolute Gasteiger partial charge is 0.485 e. The summed E-state index contributed by atoms with van der Waals surface area (Å²) in [7, 11) is 0. The van der Waals surface area contributed by atoms with E-state index >= 15 is 0 Å². The van der Waals surface area contributed by atoms with Gasteiger partial charge in [0.1, 0.15) is 12.4 Å². The Morgan fingerprint density at radius 3 is 2.72 bits per heavy atom. The first-order chi connectivity index (χ1) is 13.8. The van der Waals surface area contributed by atoms with Crippen LogP contribution >= 0.6 is 23.1 Å². The van der Waals surface area contributed by atoms with Crippen LogP contribution < -0.4 is 10.1 Å². The number of benzene rings is 1. The zero-order valence-electron chi connectivity index (χ0n) is 17.2. The van der Waals surface area contributed by atoms with Gasteiger partial charge in [-0.15, -0.1) is 21.5 Å². The maximum absolute atomic E-state index is 12.4. The number of nitrogens with one attached hydrogen (secondary N) is 1. The maximum Gasteiger partial charge on any atom is 0.239 e. The molecule has 0 aliphatic heterocycles. The van der Waals surface area contributed by atoms with Crippen LogP contribution in [0, 0.1) is 13.8 Å². The molecular weight excluding hydrogens is 406 g/mol. The Morgan fingerprint density at radius 2 is 2.07 bits per heavy atom. The number of rotatable bonds is 8. The van der Waals surface area contributed by atoms with Crippen molar-refractivity contribution < 1.29 is 9.53 Å². The molecule has 0 saturated heterocycles. The van der Waals surface area contributed by atoms with E-state index in [4.69, 9.17) is 4.74 Å². The topological polar surface area (TPSA) is 81.9 Å². The van der Waals surface area contributed by atoms with Crippen molar-refractivity contribution in [2.45, 2.75) is 57.7 Å². The molecule has 2 heterocycles. The van der Waals surface area contributed by atoms with E-state index in [0.29, 0.717) is 16.9 Å². The Labute approximate surface area is 178 Å². The summed E-state index contributed by atoms with van der Waals surface area (Å²) in [6.45, 7) is 10.4. The molecule has 0 aliphatic carbocycles. The number of amides is 1. The number of thiazole rings is 1. The Kier molecular flexibility index (Phi) is 6.92. The van der Waals surface area contributed by atoms with Gasteiger partial charge in [-0.25, -0.2) is 4.98 Å². The highest BCUT2D eigenvalue weighted by molar-refractivity contribution is 8.00. The molecule has 0 unspecified atom stereocenters. The predicted molar refractivity (Wildman–Crippen MR) is 117 cm³/mol. The SMILES string of the molecule is Cc1ccc(OCc2nnc(S[C@H](C)C(=O)Nc3nccs3)n2C(C)C)c(C)c1. The molecule has 1 atom stereocenters. The first kappa shape index (κ1) is 21.3. The molecule has 0 bridgehead atoms. The lowest BCUT2D eigenvalue weighted by Gasteiger charge is -2.16. The minimum atomic E-state index is -0.339. The van der Waals surface area contributed by atoms with Gasteiger partial charge in [0.05, 0.1) is 5.25 Å². The molecule has 29 heavy (non-hydrogen) atoms. The number of thioether (sulfide) groups is 1. The molecular formula is C20H25N5O2S2. The molecule has 0 fully saturated rings. The van der Waals surface area contributed by atoms with Crippen LogP contribution in [0.15, 0.2) is 34.9 Å². The van der Waals surface area contributed by atoms with Crippen LogP contribution in [-0.4, -0.2) is 30.9 Å². The van der Waals surface area contributed by atoms with Crippen molar-refractivity contribution >= 4 is 34.1 Å². The number of carbonyl (C=O) groups excluding carboxylic acids is 1. The summed E-state index contributed by atoms with van der Waals surface area (Å²) in [6.07, 6.45) is 1.66. The third-order valence-corrected chi connectivity index (χ3v) is 6.00. The molecule has 1 aromatic carbocycles. The summed E-state index contributed by atoms with van der Waals surface area (Å²) < 4.78 is 8.00. The number of aryl methyl sites for hydroxylation is 2. The molecule has 3 rings (SSSR count). The highest BCUT2D eigenvalue weighted by Gasteiger charge is 2.22. The first-order valence-electron chi connectivity index (χ1n) is 9.36. The Bertz CT molecular complexity index is 969. The van der Waals surface area contributed by atoms with Crippen molar-refractivity contribution in [2.75, 3.05) is 5.32 Å². The van der Waals surface area contributed by atoms with Crippen LogP contribution in [0.25, 0.3) is 0 Å². The molecule has 7 nitrogen and oxygen atoms in total. The van der Waals surface area contributed by atoms with Gasteiger partial charge in [-0.1, -0.05) is 29.5 Å². The van der Waals surface area contributed by atoms with Gasteiger partial charge in [0, 0.05) is 17.6 Å². The number of ether oxygens (including phenoxy) is 1. The van der Waals surface area contributed by atoms with Crippen LogP contribution in [-0.2, 0) is 11.4 Å². The second-order valence-electron chi connectivity index (χ2n) is 7.01. The number of carbonyl (C=O) groups is 1. The second-order valence-corrected chi connectivity index (χ2v) is 9.21. The van der Waals surface area contributed by atoms with Crippen LogP contribution in [0.3, 0.4) is 0 Å². The summed E-state index contributed by atoms with van der Waals surface area (Å²) in [5.41, 5.74) is 2.28. The van der Waals surface area contributed by atoms with Crippen molar-refractivity contribution in [3.05, 3.63) is 46.7 Å². The van der Waals surface area contributed by atoms with Crippen LogP contribution in [0.1, 0.15) is 43.8 Å². The van der Waals surface area contributed by atoms with Gasteiger partial charge < -0.3 is 14.6 Å². The number of hydrogen-bond donors (Lipinski definition) is 1. The Hall–Kier alpha value is -2.39. The highest BCUT2D eigenvalue weighted by Crippen LogP contribution is 2.27. The van der Waals surface area contributed by atoms with E-state index in [-0.39, 0.29) is 17.2 Å². The summed E-state index contributed by atoms with van der Waals surface area (Å²) >= 11 is 2.77. The third kappa shape index (κ3) is 5.36. The fraction of sp³-hybridized carbons (Fsp3) is 0.400. The zero-order chi connectivity index (χ0) is 21.0. The van der Waals surface area contributed by atoms with E-state index in [1.165, 1.54) is 28.7 Å². The standard InChI is InChI=1S/C20H25N5O2S2/c1-12(2)25-17(11-27-16-7-6-13(3)10-14(16)4)23-24-20(25)29-15(5)18(26)22-19-21-8-9-28-19/h6-10,12,15H,11H2,1-5H3,(H,21,22,26)/t15-/m1/s1. The summed E-state index contributed by atoms with van der Waals surface area (Å²) in [5, 5.41) is 14.2. The average Bonchev–Trinajstić information content (AvgIpc) is 3.30. The molecule has 154 valence electrons.